The lowest BCUT2D eigenvalue weighted by Gasteiger charge is -2.22. The first-order valence-corrected chi connectivity index (χ1v) is 37.1. The summed E-state index contributed by atoms with van der Waals surface area (Å²) in [5, 5.41) is 17.2. The Morgan fingerprint density at radius 2 is 1.19 bits per heavy atom. The lowest BCUT2D eigenvalue weighted by molar-refractivity contribution is -0.482. The first-order chi connectivity index (χ1) is 52.1. The fourth-order valence-corrected chi connectivity index (χ4v) is 12.4. The summed E-state index contributed by atoms with van der Waals surface area (Å²) in [6, 6.07) is 11.3. The summed E-state index contributed by atoms with van der Waals surface area (Å²) in [4.78, 5) is 126. The number of ether oxygens (including phenoxy) is 13. The van der Waals surface area contributed by atoms with Crippen molar-refractivity contribution in [2.45, 2.75) is 130 Å². The monoisotopic (exact) mass is 1510 g/mol. The maximum Gasteiger partial charge on any atom is 0.421 e. The molecule has 0 bridgehead atoms. The van der Waals surface area contributed by atoms with Gasteiger partial charge in [-0.05, 0) is 75.1 Å². The Morgan fingerprint density at radius 3 is 1.75 bits per heavy atom. The fraction of sp³-hybridized carbons (Fsp3) is 0.577. The van der Waals surface area contributed by atoms with Crippen LogP contribution >= 0.6 is 0 Å². The molecule has 3 aromatic rings. The van der Waals surface area contributed by atoms with Gasteiger partial charge in [-0.1, -0.05) is 50.6 Å². The molecule has 0 saturated carbocycles. The molecule has 3 aromatic carbocycles. The molecule has 30 heteroatoms. The second-order valence-electron chi connectivity index (χ2n) is 27.2. The van der Waals surface area contributed by atoms with Crippen LogP contribution < -0.4 is 34.5 Å². The normalized spacial score (nSPS) is 17.2. The number of methoxy groups -OCH3 is 2. The van der Waals surface area contributed by atoms with E-state index >= 15 is 0 Å². The second kappa shape index (κ2) is 43.8. The number of likely N-dealkylation sites (tertiary alicyclic amines) is 1. The number of hydrogen-bond acceptors (Lipinski definition) is 23. The van der Waals surface area contributed by atoms with Crippen molar-refractivity contribution in [3.63, 3.8) is 0 Å². The van der Waals surface area contributed by atoms with Crippen molar-refractivity contribution in [1.29, 1.82) is 0 Å². The van der Waals surface area contributed by atoms with Gasteiger partial charge in [-0.25, -0.2) is 9.69 Å². The van der Waals surface area contributed by atoms with Gasteiger partial charge in [-0.3, -0.25) is 48.2 Å². The number of anilines is 1. The van der Waals surface area contributed by atoms with Crippen molar-refractivity contribution in [2.24, 2.45) is 22.7 Å². The summed E-state index contributed by atoms with van der Waals surface area (Å²) in [6.45, 7) is 17.2. The van der Waals surface area contributed by atoms with Crippen LogP contribution in [0.25, 0.3) is 0 Å². The van der Waals surface area contributed by atoms with Gasteiger partial charge in [-0.15, -0.1) is 0 Å². The Balaban J connectivity index is 0.646. The van der Waals surface area contributed by atoms with Gasteiger partial charge in [0.05, 0.1) is 162 Å². The van der Waals surface area contributed by atoms with Crippen LogP contribution in [-0.4, -0.2) is 249 Å². The number of unbranched alkanes of at least 4 members (excludes halogenated alkanes) is 2. The first-order valence-electron chi connectivity index (χ1n) is 37.1. The van der Waals surface area contributed by atoms with Crippen molar-refractivity contribution >= 4 is 76.6 Å². The number of benzene rings is 3. The molecule has 0 aliphatic carbocycles. The smallest absolute Gasteiger partial charge is 0.421 e. The summed E-state index contributed by atoms with van der Waals surface area (Å²) >= 11 is 0. The van der Waals surface area contributed by atoms with Crippen LogP contribution in [0.2, 0.25) is 0 Å². The quantitative estimate of drug-likeness (QED) is 0.0288. The van der Waals surface area contributed by atoms with Gasteiger partial charge in [0, 0.05) is 94.1 Å². The minimum Gasteiger partial charge on any atom is -0.493 e. The molecular formula is C78H106N7O23+. The molecule has 8 rings (SSSR count). The number of nitrogens with one attached hydrogen (secondary N) is 2. The van der Waals surface area contributed by atoms with Crippen LogP contribution in [0.4, 0.5) is 16.2 Å². The maximum atomic E-state index is 14.4. The van der Waals surface area contributed by atoms with Crippen LogP contribution in [0.5, 0.6) is 23.0 Å². The largest absolute Gasteiger partial charge is 0.493 e. The second-order valence-corrected chi connectivity index (χ2v) is 27.2. The average Bonchev–Trinajstić information content (AvgIpc) is 1.66. The van der Waals surface area contributed by atoms with Crippen molar-refractivity contribution in [3.05, 3.63) is 94.3 Å². The molecule has 0 radical (unpaired) electrons. The third-order valence-corrected chi connectivity index (χ3v) is 18.5. The number of rotatable bonds is 50. The van der Waals surface area contributed by atoms with Crippen molar-refractivity contribution in [2.75, 3.05) is 151 Å². The summed E-state index contributed by atoms with van der Waals surface area (Å²) in [5.74, 6) is -2.36. The van der Waals surface area contributed by atoms with Gasteiger partial charge < -0.3 is 82.2 Å². The van der Waals surface area contributed by atoms with Crippen LogP contribution in [0.3, 0.4) is 0 Å². The van der Waals surface area contributed by atoms with E-state index in [2.05, 4.69) is 15.6 Å². The first kappa shape index (κ1) is 84.6. The maximum absolute atomic E-state index is 14.4. The molecule has 7 amide bonds. The highest BCUT2D eigenvalue weighted by Crippen LogP contribution is 2.41. The predicted molar refractivity (Wildman–Crippen MR) is 394 cm³/mol. The standard InChI is InChI=1S/C78H105N7O23/c1-51(2)60(42-59(86)17-22-98-24-26-100-28-30-102-32-34-104-36-37-105-35-33-103-31-29-101-27-25-99-23-18-79-71(88)16-19-82-72(89)40-54(5)74(82)91)73(90)81-55(6)66(87)41-56-12-14-57(15-13-56)50-108-78(95)85-64-46-70(68(97-8)44-62(64)76(93)84-49-53(4)39-65(84)77(85)94)107-21-11-9-10-20-106-69-45-63-61(43-67(69)96-7)75(92)83-48-52(3)38-58(83)47-80-63/h12-15,43-49,51,54-55,58,60,65H,9-11,16-42,50H2,1-8H3,(H2,79,81,88,90)/p+1/t54?,55-,58-,60?,65-/m0/s1. The number of Topliss-reactive ketones (excluding diaryl/α,β-unsaturated/α-hetero) is 2. The molecule has 590 valence electrons. The molecule has 108 heavy (non-hydrogen) atoms. The molecule has 0 spiro atoms. The Labute approximate surface area is 630 Å². The molecule has 1 fully saturated rings. The summed E-state index contributed by atoms with van der Waals surface area (Å²) in [5.41, 5.74) is 4.24. The van der Waals surface area contributed by atoms with Crippen LogP contribution in [0, 0.1) is 17.8 Å². The highest BCUT2D eigenvalue weighted by Gasteiger charge is 2.48. The molecule has 5 atom stereocenters. The highest BCUT2D eigenvalue weighted by atomic mass is 16.6. The Kier molecular flexibility index (Phi) is 34.4. The number of nitrogens with zero attached hydrogens (tertiary/aromatic N) is 5. The van der Waals surface area contributed by atoms with Crippen LogP contribution in [-0.2, 0) is 89.2 Å². The van der Waals surface area contributed by atoms with E-state index in [0.717, 1.165) is 27.4 Å². The average molecular weight is 1510 g/mol. The molecule has 0 aromatic heterocycles. The Hall–Kier alpha value is -9.01. The van der Waals surface area contributed by atoms with Gasteiger partial charge in [0.25, 0.3) is 5.91 Å². The van der Waals surface area contributed by atoms with E-state index in [1.807, 2.05) is 33.9 Å². The number of aliphatic imine (C=N–C) groups is 1. The van der Waals surface area contributed by atoms with E-state index < -0.39 is 35.9 Å². The van der Waals surface area contributed by atoms with Gasteiger partial charge in [0.2, 0.25) is 29.7 Å². The number of ketones is 2. The summed E-state index contributed by atoms with van der Waals surface area (Å²) in [7, 11) is 2.97. The van der Waals surface area contributed by atoms with Crippen molar-refractivity contribution < 1.29 is 114 Å². The van der Waals surface area contributed by atoms with E-state index in [9.17, 15) is 48.3 Å². The lowest BCUT2D eigenvalue weighted by Crippen LogP contribution is -2.45. The zero-order chi connectivity index (χ0) is 77.5. The van der Waals surface area contributed by atoms with Gasteiger partial charge in [-0.2, -0.15) is 4.58 Å². The minimum atomic E-state index is -0.989. The zero-order valence-corrected chi connectivity index (χ0v) is 63.4. The Morgan fingerprint density at radius 1 is 0.630 bits per heavy atom. The highest BCUT2D eigenvalue weighted by molar-refractivity contribution is 6.18. The number of amides is 7. The number of imide groups is 2. The van der Waals surface area contributed by atoms with Crippen LogP contribution in [0.1, 0.15) is 126 Å². The molecule has 5 aliphatic heterocycles. The number of hydrogen-bond donors (Lipinski definition) is 3. The predicted octanol–water partition coefficient (Wildman–Crippen LogP) is 7.11. The van der Waals surface area contributed by atoms with E-state index in [-0.39, 0.29) is 153 Å². The third-order valence-electron chi connectivity index (χ3n) is 18.5. The number of carbonyl (C=O) groups excluding carboxylic acids is 9. The molecule has 3 N–H and O–H groups in total. The number of fused-ring (bicyclic) bond motifs is 4. The zero-order valence-electron chi connectivity index (χ0n) is 63.4. The topological polar surface area (TPSA) is 343 Å². The number of aliphatic hydroxyl groups excluding tert-OH is 1. The Bertz CT molecular complexity index is 3710. The third kappa shape index (κ3) is 25.3. The van der Waals surface area contributed by atoms with E-state index in [0.29, 0.717) is 159 Å². The lowest BCUT2D eigenvalue weighted by atomic mass is 9.88. The molecule has 1 saturated heterocycles. The van der Waals surface area contributed by atoms with Gasteiger partial charge in [0.15, 0.2) is 35.0 Å². The molecule has 30 nitrogen and oxygen atoms in total. The SMILES string of the molecule is COc1cc2c(cc1OCCCCCOc1cc3c(cc1OC)C(O)=[N+]1C=C(C)C[C@H]1C(=O)N3C(=O)OCc1ccc(CC(=O)[C@H](C)NC(=O)C(CC(=O)CCOCCOCCOCCOCCOCCOCCOCCOCCNC(=O)CCN3C(=O)CC(C)C3=O)C(C)C)cc1)N=C[C@@H]1CC(C)=CN1C2=O. The summed E-state index contributed by atoms with van der Waals surface area (Å²) in [6.07, 6.45) is 7.56. The van der Waals surface area contributed by atoms with Gasteiger partial charge >= 0.3 is 17.9 Å². The number of aliphatic hydroxyl groups is 1. The van der Waals surface area contributed by atoms with Crippen LogP contribution in [0.15, 0.2) is 77.1 Å². The minimum absolute atomic E-state index is 0.0155. The molecule has 5 aliphatic rings. The van der Waals surface area contributed by atoms with Crippen molar-refractivity contribution in [1.82, 2.24) is 20.4 Å². The molecule has 2 unspecified atom stereocenters. The molecular weight excluding hydrogens is 1400 g/mol. The van der Waals surface area contributed by atoms with Crippen molar-refractivity contribution in [3.8, 4) is 23.0 Å². The van der Waals surface area contributed by atoms with E-state index in [4.69, 9.17) is 61.6 Å². The van der Waals surface area contributed by atoms with Gasteiger partial charge in [0.1, 0.15) is 18.0 Å². The van der Waals surface area contributed by atoms with E-state index in [1.54, 1.807) is 67.6 Å². The summed E-state index contributed by atoms with van der Waals surface area (Å²) < 4.78 is 75.2. The number of carbonyl (C=O) groups is 9. The molecule has 5 heterocycles. The van der Waals surface area contributed by atoms with E-state index in [1.165, 1.54) is 30.9 Å². The fourth-order valence-electron chi connectivity index (χ4n) is 12.4.